The Bertz CT molecular complexity index is 812. The molecule has 21 heavy (non-hydrogen) atoms. The SMILES string of the molecule is O=Cc1cn(-c2ccccc2Br)nc1-c1ccccc1Br. The zero-order valence-electron chi connectivity index (χ0n) is 10.8. The van der Waals surface area contributed by atoms with E-state index in [0.717, 1.165) is 26.5 Å². The second-order valence-electron chi connectivity index (χ2n) is 4.43. The molecule has 1 aromatic heterocycles. The van der Waals surface area contributed by atoms with Gasteiger partial charge >= 0.3 is 0 Å². The third-order valence-corrected chi connectivity index (χ3v) is 4.46. The van der Waals surface area contributed by atoms with E-state index in [1.807, 2.05) is 48.5 Å². The molecule has 0 aliphatic heterocycles. The number of carbonyl (C=O) groups is 1. The molecule has 0 amide bonds. The highest BCUT2D eigenvalue weighted by Gasteiger charge is 2.14. The Morgan fingerprint density at radius 1 is 0.952 bits per heavy atom. The van der Waals surface area contributed by atoms with E-state index in [4.69, 9.17) is 0 Å². The molecule has 0 fully saturated rings. The molecule has 1 heterocycles. The quantitative estimate of drug-likeness (QED) is 0.582. The Labute approximate surface area is 138 Å². The summed E-state index contributed by atoms with van der Waals surface area (Å²) in [6, 6.07) is 15.5. The van der Waals surface area contributed by atoms with Crippen LogP contribution < -0.4 is 0 Å². The van der Waals surface area contributed by atoms with Gasteiger partial charge in [-0.1, -0.05) is 46.3 Å². The fourth-order valence-electron chi connectivity index (χ4n) is 2.10. The molecule has 3 aromatic rings. The number of benzene rings is 2. The van der Waals surface area contributed by atoms with Crippen LogP contribution in [0.4, 0.5) is 0 Å². The van der Waals surface area contributed by atoms with Gasteiger partial charge in [0, 0.05) is 20.7 Å². The van der Waals surface area contributed by atoms with Crippen LogP contribution in [0.25, 0.3) is 16.9 Å². The smallest absolute Gasteiger partial charge is 0.153 e. The topological polar surface area (TPSA) is 34.9 Å². The highest BCUT2D eigenvalue weighted by atomic mass is 79.9. The van der Waals surface area contributed by atoms with Gasteiger partial charge in [0.2, 0.25) is 0 Å². The first kappa shape index (κ1) is 14.2. The third kappa shape index (κ3) is 2.71. The van der Waals surface area contributed by atoms with Gasteiger partial charge in [-0.2, -0.15) is 5.10 Å². The van der Waals surface area contributed by atoms with Crippen molar-refractivity contribution in [3.05, 3.63) is 69.2 Å². The summed E-state index contributed by atoms with van der Waals surface area (Å²) in [4.78, 5) is 11.4. The van der Waals surface area contributed by atoms with Gasteiger partial charge in [-0.15, -0.1) is 0 Å². The summed E-state index contributed by atoms with van der Waals surface area (Å²) in [5, 5.41) is 4.57. The summed E-state index contributed by atoms with van der Waals surface area (Å²) >= 11 is 7.00. The minimum absolute atomic E-state index is 0.553. The average Bonchev–Trinajstić information content (AvgIpc) is 2.92. The Morgan fingerprint density at radius 3 is 2.29 bits per heavy atom. The number of aromatic nitrogens is 2. The molecule has 104 valence electrons. The maximum Gasteiger partial charge on any atom is 0.153 e. The number of rotatable bonds is 3. The molecule has 0 unspecified atom stereocenters. The molecule has 0 spiro atoms. The van der Waals surface area contributed by atoms with Gasteiger partial charge < -0.3 is 0 Å². The van der Waals surface area contributed by atoms with E-state index in [0.29, 0.717) is 11.3 Å². The number of aldehydes is 1. The maximum absolute atomic E-state index is 11.4. The van der Waals surface area contributed by atoms with Crippen LogP contribution in [-0.4, -0.2) is 16.1 Å². The van der Waals surface area contributed by atoms with E-state index in [9.17, 15) is 4.79 Å². The van der Waals surface area contributed by atoms with Gasteiger partial charge in [-0.3, -0.25) is 4.79 Å². The van der Waals surface area contributed by atoms with Crippen LogP contribution in [0.15, 0.2) is 63.7 Å². The minimum Gasteiger partial charge on any atom is -0.298 e. The maximum atomic E-state index is 11.4. The highest BCUT2D eigenvalue weighted by Crippen LogP contribution is 2.30. The van der Waals surface area contributed by atoms with Gasteiger partial charge in [0.15, 0.2) is 6.29 Å². The number of halogens is 2. The summed E-state index contributed by atoms with van der Waals surface area (Å²) in [5.41, 5.74) is 3.00. The van der Waals surface area contributed by atoms with Crippen LogP contribution >= 0.6 is 31.9 Å². The van der Waals surface area contributed by atoms with Crippen molar-refractivity contribution in [1.29, 1.82) is 0 Å². The summed E-state index contributed by atoms with van der Waals surface area (Å²) in [5.74, 6) is 0. The fourth-order valence-corrected chi connectivity index (χ4v) is 3.04. The second kappa shape index (κ2) is 5.95. The van der Waals surface area contributed by atoms with Crippen LogP contribution in [0.5, 0.6) is 0 Å². The molecule has 0 aliphatic carbocycles. The second-order valence-corrected chi connectivity index (χ2v) is 6.14. The molecule has 3 nitrogen and oxygen atoms in total. The lowest BCUT2D eigenvalue weighted by molar-refractivity contribution is 0.112. The first-order chi connectivity index (χ1) is 10.2. The van der Waals surface area contributed by atoms with Crippen LogP contribution in [0, 0.1) is 0 Å². The molecule has 0 bridgehead atoms. The first-order valence-electron chi connectivity index (χ1n) is 6.25. The van der Waals surface area contributed by atoms with Gasteiger partial charge in [-0.05, 0) is 34.1 Å². The monoisotopic (exact) mass is 404 g/mol. The van der Waals surface area contributed by atoms with E-state index in [-0.39, 0.29) is 0 Å². The molecule has 0 aliphatic rings. The zero-order valence-corrected chi connectivity index (χ0v) is 14.0. The van der Waals surface area contributed by atoms with E-state index in [1.165, 1.54) is 0 Å². The Morgan fingerprint density at radius 2 is 1.62 bits per heavy atom. The van der Waals surface area contributed by atoms with Crippen LogP contribution in [0.2, 0.25) is 0 Å². The normalized spacial score (nSPS) is 10.6. The largest absolute Gasteiger partial charge is 0.298 e. The van der Waals surface area contributed by atoms with Crippen molar-refractivity contribution in [1.82, 2.24) is 9.78 Å². The van der Waals surface area contributed by atoms with Crippen LogP contribution in [-0.2, 0) is 0 Å². The standard InChI is InChI=1S/C16H10Br2N2O/c17-13-6-2-1-5-12(13)16-11(10-21)9-20(19-16)15-8-4-3-7-14(15)18/h1-10H. The van der Waals surface area contributed by atoms with Gasteiger partial charge in [-0.25, -0.2) is 4.68 Å². The van der Waals surface area contributed by atoms with E-state index >= 15 is 0 Å². The average molecular weight is 406 g/mol. The summed E-state index contributed by atoms with van der Waals surface area (Å²) in [6.45, 7) is 0. The highest BCUT2D eigenvalue weighted by molar-refractivity contribution is 9.11. The van der Waals surface area contributed by atoms with Crippen LogP contribution in [0.3, 0.4) is 0 Å². The molecule has 5 heteroatoms. The molecular weight excluding hydrogens is 396 g/mol. The molecule has 3 rings (SSSR count). The predicted molar refractivity (Wildman–Crippen MR) is 89.8 cm³/mol. The lowest BCUT2D eigenvalue weighted by Gasteiger charge is -2.04. The fraction of sp³-hybridized carbons (Fsp3) is 0. The molecule has 0 atom stereocenters. The van der Waals surface area contributed by atoms with E-state index < -0.39 is 0 Å². The van der Waals surface area contributed by atoms with Gasteiger partial charge in [0.1, 0.15) is 5.69 Å². The Hall–Kier alpha value is -1.72. The minimum atomic E-state index is 0.553. The van der Waals surface area contributed by atoms with Crippen LogP contribution in [0.1, 0.15) is 10.4 Å². The number of carbonyl (C=O) groups excluding carboxylic acids is 1. The first-order valence-corrected chi connectivity index (χ1v) is 7.84. The lowest BCUT2D eigenvalue weighted by Crippen LogP contribution is -1.95. The summed E-state index contributed by atoms with van der Waals surface area (Å²) in [7, 11) is 0. The number of nitrogens with zero attached hydrogens (tertiary/aromatic N) is 2. The zero-order chi connectivity index (χ0) is 14.8. The number of hydrogen-bond acceptors (Lipinski definition) is 2. The van der Waals surface area contributed by atoms with Crippen molar-refractivity contribution in [2.24, 2.45) is 0 Å². The third-order valence-electron chi connectivity index (χ3n) is 3.10. The van der Waals surface area contributed by atoms with Crippen molar-refractivity contribution in [2.45, 2.75) is 0 Å². The van der Waals surface area contributed by atoms with Crippen molar-refractivity contribution in [2.75, 3.05) is 0 Å². The summed E-state index contributed by atoms with van der Waals surface area (Å²) in [6.07, 6.45) is 2.57. The van der Waals surface area contributed by atoms with Crippen molar-refractivity contribution in [3.63, 3.8) is 0 Å². The Balaban J connectivity index is 2.18. The molecule has 0 saturated carbocycles. The van der Waals surface area contributed by atoms with Gasteiger partial charge in [0.25, 0.3) is 0 Å². The molecule has 2 aromatic carbocycles. The lowest BCUT2D eigenvalue weighted by atomic mass is 10.1. The van der Waals surface area contributed by atoms with E-state index in [1.54, 1.807) is 10.9 Å². The summed E-state index contributed by atoms with van der Waals surface area (Å²) < 4.78 is 3.54. The number of para-hydroxylation sites is 1. The molecular formula is C16H10Br2N2O. The molecule has 0 saturated heterocycles. The van der Waals surface area contributed by atoms with E-state index in [2.05, 4.69) is 37.0 Å². The molecule has 0 radical (unpaired) electrons. The Kier molecular flexibility index (Phi) is 4.03. The van der Waals surface area contributed by atoms with Gasteiger partial charge in [0.05, 0.1) is 11.3 Å². The number of hydrogen-bond donors (Lipinski definition) is 0. The van der Waals surface area contributed by atoms with Crippen molar-refractivity contribution >= 4 is 38.1 Å². The predicted octanol–water partition coefficient (Wildman–Crippen LogP) is 4.88. The molecule has 0 N–H and O–H groups in total. The van der Waals surface area contributed by atoms with Crippen molar-refractivity contribution < 1.29 is 4.79 Å². The van der Waals surface area contributed by atoms with Crippen molar-refractivity contribution in [3.8, 4) is 16.9 Å².